The summed E-state index contributed by atoms with van der Waals surface area (Å²) in [5, 5.41) is 0.133. The normalized spacial score (nSPS) is 11.6. The zero-order chi connectivity index (χ0) is 17.9. The van der Waals surface area contributed by atoms with Gasteiger partial charge in [0.1, 0.15) is 6.61 Å². The molecular formula is C17H15ClF3NO2. The van der Waals surface area contributed by atoms with Gasteiger partial charge in [0.15, 0.2) is 5.69 Å². The van der Waals surface area contributed by atoms with Crippen molar-refractivity contribution in [2.75, 3.05) is 0 Å². The van der Waals surface area contributed by atoms with Crippen molar-refractivity contribution in [3.63, 3.8) is 0 Å². The van der Waals surface area contributed by atoms with Gasteiger partial charge in [-0.25, -0.2) is 9.78 Å². The lowest BCUT2D eigenvalue weighted by Crippen LogP contribution is -2.11. The Balaban J connectivity index is 2.13. The number of alkyl halides is 3. The fourth-order valence-electron chi connectivity index (χ4n) is 1.98. The highest BCUT2D eigenvalue weighted by Crippen LogP contribution is 2.29. The first-order chi connectivity index (χ1) is 11.2. The van der Waals surface area contributed by atoms with Gasteiger partial charge in [0.25, 0.3) is 0 Å². The van der Waals surface area contributed by atoms with E-state index in [-0.39, 0.29) is 28.8 Å². The Labute approximate surface area is 142 Å². The fourth-order valence-corrected chi connectivity index (χ4v) is 2.16. The number of carbonyl (C=O) groups excluding carboxylic acids is 1. The summed E-state index contributed by atoms with van der Waals surface area (Å²) >= 11 is 5.95. The summed E-state index contributed by atoms with van der Waals surface area (Å²) in [7, 11) is 0. The van der Waals surface area contributed by atoms with Crippen molar-refractivity contribution in [1.82, 2.24) is 4.98 Å². The van der Waals surface area contributed by atoms with E-state index in [9.17, 15) is 18.0 Å². The van der Waals surface area contributed by atoms with Crippen LogP contribution in [0.4, 0.5) is 13.2 Å². The number of benzene rings is 1. The molecule has 0 saturated carbocycles. The van der Waals surface area contributed by atoms with Gasteiger partial charge in [0.05, 0.1) is 10.6 Å². The Morgan fingerprint density at radius 2 is 1.96 bits per heavy atom. The summed E-state index contributed by atoms with van der Waals surface area (Å²) in [6.07, 6.45) is -4.45. The smallest absolute Gasteiger partial charge is 0.416 e. The molecular weight excluding hydrogens is 343 g/mol. The minimum Gasteiger partial charge on any atom is -0.456 e. The van der Waals surface area contributed by atoms with E-state index < -0.39 is 17.7 Å². The van der Waals surface area contributed by atoms with Crippen LogP contribution in [0.1, 0.15) is 47.1 Å². The van der Waals surface area contributed by atoms with Crippen LogP contribution in [-0.2, 0) is 17.5 Å². The second-order valence-electron chi connectivity index (χ2n) is 5.50. The minimum atomic E-state index is -4.45. The van der Waals surface area contributed by atoms with Crippen molar-refractivity contribution in [1.29, 1.82) is 0 Å². The van der Waals surface area contributed by atoms with Crippen LogP contribution in [0.5, 0.6) is 0 Å². The van der Waals surface area contributed by atoms with Gasteiger partial charge in [-0.1, -0.05) is 37.6 Å². The third-order valence-electron chi connectivity index (χ3n) is 3.28. The molecule has 1 aromatic carbocycles. The molecule has 2 rings (SSSR count). The number of aromatic nitrogens is 1. The second kappa shape index (κ2) is 7.21. The van der Waals surface area contributed by atoms with Gasteiger partial charge in [0.2, 0.25) is 0 Å². The summed E-state index contributed by atoms with van der Waals surface area (Å²) in [5.74, 6) is -0.683. The zero-order valence-corrected chi connectivity index (χ0v) is 13.8. The number of rotatable bonds is 4. The number of hydrogen-bond acceptors (Lipinski definition) is 3. The third-order valence-corrected chi connectivity index (χ3v) is 3.58. The quantitative estimate of drug-likeness (QED) is 0.703. The predicted octanol–water partition coefficient (Wildman–Crippen LogP) is 5.23. The van der Waals surface area contributed by atoms with Crippen molar-refractivity contribution >= 4 is 17.6 Å². The summed E-state index contributed by atoms with van der Waals surface area (Å²) in [5.41, 5.74) is 0.0589. The van der Waals surface area contributed by atoms with Crippen LogP contribution in [0, 0.1) is 0 Å². The van der Waals surface area contributed by atoms with Crippen molar-refractivity contribution in [2.24, 2.45) is 0 Å². The molecule has 1 aromatic heterocycles. The average Bonchev–Trinajstić information content (AvgIpc) is 2.52. The van der Waals surface area contributed by atoms with Crippen LogP contribution in [0.3, 0.4) is 0 Å². The molecule has 0 fully saturated rings. The van der Waals surface area contributed by atoms with E-state index in [0.29, 0.717) is 5.69 Å². The molecule has 0 radical (unpaired) electrons. The maximum atomic E-state index is 12.7. The van der Waals surface area contributed by atoms with Gasteiger partial charge in [-0.3, -0.25) is 0 Å². The highest BCUT2D eigenvalue weighted by atomic mass is 35.5. The van der Waals surface area contributed by atoms with E-state index in [2.05, 4.69) is 4.98 Å². The monoisotopic (exact) mass is 357 g/mol. The third kappa shape index (κ3) is 4.47. The van der Waals surface area contributed by atoms with Crippen LogP contribution in [0.25, 0.3) is 0 Å². The second-order valence-corrected chi connectivity index (χ2v) is 5.90. The van der Waals surface area contributed by atoms with Crippen LogP contribution in [0.15, 0.2) is 36.4 Å². The molecule has 0 aliphatic heterocycles. The Hall–Kier alpha value is -2.08. The topological polar surface area (TPSA) is 39.2 Å². The van der Waals surface area contributed by atoms with E-state index in [1.54, 1.807) is 12.1 Å². The molecule has 0 bridgehead atoms. The fraction of sp³-hybridized carbons (Fsp3) is 0.294. The average molecular weight is 358 g/mol. The molecule has 128 valence electrons. The summed E-state index contributed by atoms with van der Waals surface area (Å²) in [6, 6.07) is 7.85. The van der Waals surface area contributed by atoms with E-state index >= 15 is 0 Å². The van der Waals surface area contributed by atoms with E-state index in [0.717, 1.165) is 12.1 Å². The first kappa shape index (κ1) is 18.3. The SMILES string of the molecule is CC(C)c1ccc(Cl)c(C(=O)OCc2cccc(C(F)(F)F)c2)n1. The van der Waals surface area contributed by atoms with Gasteiger partial charge in [-0.2, -0.15) is 13.2 Å². The molecule has 7 heteroatoms. The maximum absolute atomic E-state index is 12.7. The first-order valence-corrected chi connectivity index (χ1v) is 7.56. The van der Waals surface area contributed by atoms with Crippen LogP contribution >= 0.6 is 11.6 Å². The van der Waals surface area contributed by atoms with E-state index in [4.69, 9.17) is 16.3 Å². The van der Waals surface area contributed by atoms with Gasteiger partial charge < -0.3 is 4.74 Å². The van der Waals surface area contributed by atoms with Gasteiger partial charge in [-0.15, -0.1) is 0 Å². The molecule has 0 saturated heterocycles. The molecule has 0 atom stereocenters. The number of pyridine rings is 1. The lowest BCUT2D eigenvalue weighted by Gasteiger charge is -2.11. The summed E-state index contributed by atoms with van der Waals surface area (Å²) in [6.45, 7) is 3.52. The van der Waals surface area contributed by atoms with Gasteiger partial charge >= 0.3 is 12.1 Å². The molecule has 0 N–H and O–H groups in total. The maximum Gasteiger partial charge on any atom is 0.416 e. The molecule has 0 aliphatic carbocycles. The van der Waals surface area contributed by atoms with Crippen LogP contribution in [-0.4, -0.2) is 11.0 Å². The number of carbonyl (C=O) groups is 1. The lowest BCUT2D eigenvalue weighted by atomic mass is 10.1. The summed E-state index contributed by atoms with van der Waals surface area (Å²) in [4.78, 5) is 16.3. The van der Waals surface area contributed by atoms with Gasteiger partial charge in [0, 0.05) is 5.69 Å². The van der Waals surface area contributed by atoms with Gasteiger partial charge in [-0.05, 0) is 35.7 Å². The van der Waals surface area contributed by atoms with Crippen molar-refractivity contribution in [2.45, 2.75) is 32.5 Å². The largest absolute Gasteiger partial charge is 0.456 e. The number of esters is 1. The van der Waals surface area contributed by atoms with E-state index in [1.165, 1.54) is 12.1 Å². The minimum absolute atomic E-state index is 0.0464. The molecule has 1 heterocycles. The Bertz CT molecular complexity index is 745. The van der Waals surface area contributed by atoms with Crippen molar-refractivity contribution in [3.05, 3.63) is 63.9 Å². The summed E-state index contributed by atoms with van der Waals surface area (Å²) < 4.78 is 43.1. The number of ether oxygens (including phenoxy) is 1. The molecule has 0 unspecified atom stereocenters. The van der Waals surface area contributed by atoms with Crippen molar-refractivity contribution < 1.29 is 22.7 Å². The molecule has 3 nitrogen and oxygen atoms in total. The van der Waals surface area contributed by atoms with Crippen molar-refractivity contribution in [3.8, 4) is 0 Å². The molecule has 2 aromatic rings. The Morgan fingerprint density at radius 1 is 1.25 bits per heavy atom. The predicted molar refractivity (Wildman–Crippen MR) is 83.9 cm³/mol. The molecule has 24 heavy (non-hydrogen) atoms. The first-order valence-electron chi connectivity index (χ1n) is 7.18. The Morgan fingerprint density at radius 3 is 2.58 bits per heavy atom. The van der Waals surface area contributed by atoms with Crippen LogP contribution < -0.4 is 0 Å². The number of nitrogens with zero attached hydrogens (tertiary/aromatic N) is 1. The molecule has 0 aliphatic rings. The number of halogens is 4. The Kier molecular flexibility index (Phi) is 5.49. The highest BCUT2D eigenvalue weighted by molar-refractivity contribution is 6.33. The van der Waals surface area contributed by atoms with E-state index in [1.807, 2.05) is 13.8 Å². The molecule has 0 spiro atoms. The van der Waals surface area contributed by atoms with Crippen LogP contribution in [0.2, 0.25) is 5.02 Å². The standard InChI is InChI=1S/C17H15ClF3NO2/c1-10(2)14-7-6-13(18)15(22-14)16(23)24-9-11-4-3-5-12(8-11)17(19,20)21/h3-8,10H,9H2,1-2H3. The highest BCUT2D eigenvalue weighted by Gasteiger charge is 2.30. The molecule has 0 amide bonds. The zero-order valence-electron chi connectivity index (χ0n) is 13.0. The lowest BCUT2D eigenvalue weighted by molar-refractivity contribution is -0.137. The number of hydrogen-bond donors (Lipinski definition) is 0.